The maximum atomic E-state index is 13.5. The Hall–Kier alpha value is -3.55. The van der Waals surface area contributed by atoms with E-state index in [0.29, 0.717) is 42.2 Å². The zero-order valence-corrected chi connectivity index (χ0v) is 24.3. The van der Waals surface area contributed by atoms with Crippen LogP contribution in [-0.2, 0) is 4.79 Å². The maximum Gasteiger partial charge on any atom is 0.271 e. The molecule has 4 rings (SSSR count). The Balaban J connectivity index is 1.41. The number of rotatable bonds is 11. The van der Waals surface area contributed by atoms with Crippen LogP contribution in [0.25, 0.3) is 10.1 Å². The molecule has 3 atom stereocenters. The zero-order valence-electron chi connectivity index (χ0n) is 22.7. The van der Waals surface area contributed by atoms with E-state index in [4.69, 9.17) is 16.9 Å². The van der Waals surface area contributed by atoms with E-state index < -0.39 is 11.9 Å². The number of thiazole rings is 1. The van der Waals surface area contributed by atoms with Crippen molar-refractivity contribution in [1.29, 1.82) is 5.41 Å². The van der Waals surface area contributed by atoms with E-state index >= 15 is 0 Å². The Labute approximate surface area is 241 Å². The van der Waals surface area contributed by atoms with Crippen molar-refractivity contribution in [3.63, 3.8) is 0 Å². The number of hydrogen-bond acceptors (Lipinski definition) is 8. The number of nitrogens with zero attached hydrogens (tertiary/aromatic N) is 2. The van der Waals surface area contributed by atoms with Crippen LogP contribution in [0.2, 0.25) is 0 Å². The highest BCUT2D eigenvalue weighted by molar-refractivity contribution is 7.20. The Morgan fingerprint density at radius 1 is 1.23 bits per heavy atom. The monoisotopic (exact) mass is 584 g/mol. The third-order valence-electron chi connectivity index (χ3n) is 6.87. The molecule has 3 amide bonds. The van der Waals surface area contributed by atoms with Gasteiger partial charge in [0.1, 0.15) is 16.7 Å². The number of carbonyl (C=O) groups excluding carboxylic acids is 3. The Kier molecular flexibility index (Phi) is 9.71. The normalized spacial score (nSPS) is 17.5. The van der Waals surface area contributed by atoms with Gasteiger partial charge in [-0.1, -0.05) is 25.0 Å². The first kappa shape index (κ1) is 29.4. The SMILES string of the molecule is CNC(=O)[C@H](CCCCCNC(=N)N)NC(=O)c1csc([C@@H]2C[C@@H](N)CN2C(=O)c2cc3ccc(C)cc3s2)n1. The van der Waals surface area contributed by atoms with Crippen LogP contribution in [0.3, 0.4) is 0 Å². The van der Waals surface area contributed by atoms with Gasteiger partial charge in [-0.05, 0) is 49.3 Å². The molecule has 1 fully saturated rings. The number of amides is 3. The molecule has 13 heteroatoms. The van der Waals surface area contributed by atoms with Crippen molar-refractivity contribution >= 4 is 56.4 Å². The molecule has 0 spiro atoms. The lowest BCUT2D eigenvalue weighted by atomic mass is 10.1. The molecule has 0 unspecified atom stereocenters. The highest BCUT2D eigenvalue weighted by Gasteiger charge is 2.37. The number of hydrogen-bond donors (Lipinski definition) is 6. The average Bonchev–Trinajstić information content (AvgIpc) is 3.66. The number of likely N-dealkylation sites (N-methyl/N-ethyl adjacent to an activating group) is 1. The Morgan fingerprint density at radius 2 is 2.02 bits per heavy atom. The molecule has 214 valence electrons. The summed E-state index contributed by atoms with van der Waals surface area (Å²) in [5.74, 6) is -0.867. The van der Waals surface area contributed by atoms with Crippen molar-refractivity contribution in [3.8, 4) is 0 Å². The molecule has 0 saturated carbocycles. The predicted octanol–water partition coefficient (Wildman–Crippen LogP) is 2.47. The van der Waals surface area contributed by atoms with Crippen LogP contribution < -0.4 is 27.4 Å². The summed E-state index contributed by atoms with van der Waals surface area (Å²) in [7, 11) is 1.53. The minimum atomic E-state index is -0.696. The van der Waals surface area contributed by atoms with E-state index in [1.807, 2.05) is 25.1 Å². The molecule has 0 radical (unpaired) electrons. The second-order valence-electron chi connectivity index (χ2n) is 10.0. The first-order chi connectivity index (χ1) is 19.2. The van der Waals surface area contributed by atoms with Gasteiger partial charge in [-0.15, -0.1) is 22.7 Å². The number of aryl methyl sites for hydroxylation is 1. The number of benzene rings is 1. The summed E-state index contributed by atoms with van der Waals surface area (Å²) < 4.78 is 1.06. The average molecular weight is 585 g/mol. The summed E-state index contributed by atoms with van der Waals surface area (Å²) in [6, 6.07) is 6.85. The minimum absolute atomic E-state index is 0.0691. The number of nitrogens with one attached hydrogen (secondary N) is 4. The topological polar surface area (TPSA) is 179 Å². The summed E-state index contributed by atoms with van der Waals surface area (Å²) in [4.78, 5) is 46.0. The Morgan fingerprint density at radius 3 is 2.77 bits per heavy atom. The van der Waals surface area contributed by atoms with Gasteiger partial charge in [0.25, 0.3) is 11.8 Å². The zero-order chi connectivity index (χ0) is 28.8. The van der Waals surface area contributed by atoms with Crippen molar-refractivity contribution in [1.82, 2.24) is 25.8 Å². The van der Waals surface area contributed by atoms with Crippen molar-refractivity contribution in [2.75, 3.05) is 20.1 Å². The van der Waals surface area contributed by atoms with Gasteiger partial charge in [0.05, 0.1) is 10.9 Å². The number of thiophene rings is 1. The summed E-state index contributed by atoms with van der Waals surface area (Å²) in [6.07, 6.45) is 3.36. The number of fused-ring (bicyclic) bond motifs is 1. The van der Waals surface area contributed by atoms with Gasteiger partial charge in [0.15, 0.2) is 5.96 Å². The van der Waals surface area contributed by atoms with Crippen LogP contribution in [0.5, 0.6) is 0 Å². The second kappa shape index (κ2) is 13.2. The molecular weight excluding hydrogens is 548 g/mol. The molecule has 1 aliphatic heterocycles. The molecule has 1 aromatic carbocycles. The van der Waals surface area contributed by atoms with E-state index in [0.717, 1.165) is 28.5 Å². The van der Waals surface area contributed by atoms with E-state index in [-0.39, 0.29) is 35.6 Å². The van der Waals surface area contributed by atoms with Gasteiger partial charge in [0, 0.05) is 36.3 Å². The standard InChI is InChI=1S/C27H36N8O3S2/c1-15-7-8-16-11-22(40-21(16)10-15)26(38)35-13-17(28)12-20(35)25-34-19(14-39-25)24(37)33-18(23(36)31-2)6-4-3-5-9-32-27(29)30/h7-8,10-11,14,17-18,20H,3-6,9,12-13,28H2,1-2H3,(H,31,36)(H,33,37)(H4,29,30,32)/t17-,18+,20+/m1/s1. The van der Waals surface area contributed by atoms with Crippen molar-refractivity contribution in [2.24, 2.45) is 11.5 Å². The molecule has 1 aliphatic rings. The molecule has 11 nitrogen and oxygen atoms in total. The summed E-state index contributed by atoms with van der Waals surface area (Å²) in [5.41, 5.74) is 12.9. The molecule has 3 aromatic rings. The molecule has 8 N–H and O–H groups in total. The minimum Gasteiger partial charge on any atom is -0.370 e. The fraction of sp³-hybridized carbons (Fsp3) is 0.444. The van der Waals surface area contributed by atoms with E-state index in [1.54, 1.807) is 10.3 Å². The summed E-state index contributed by atoms with van der Waals surface area (Å²) in [6.45, 7) is 3.03. The molecular formula is C27H36N8O3S2. The van der Waals surface area contributed by atoms with Crippen molar-refractivity contribution in [3.05, 3.63) is 50.8 Å². The van der Waals surface area contributed by atoms with Gasteiger partial charge >= 0.3 is 0 Å². The number of unbranched alkanes of at least 4 members (excludes halogenated alkanes) is 2. The van der Waals surface area contributed by atoms with Crippen molar-refractivity contribution < 1.29 is 14.4 Å². The van der Waals surface area contributed by atoms with Gasteiger partial charge < -0.3 is 32.3 Å². The third-order valence-corrected chi connectivity index (χ3v) is 8.91. The highest BCUT2D eigenvalue weighted by Crippen LogP contribution is 2.36. The van der Waals surface area contributed by atoms with Gasteiger partial charge in [-0.3, -0.25) is 19.8 Å². The molecule has 0 aliphatic carbocycles. The summed E-state index contributed by atoms with van der Waals surface area (Å²) in [5, 5.41) is 18.7. The van der Waals surface area contributed by atoms with Crippen LogP contribution in [-0.4, -0.2) is 65.8 Å². The first-order valence-corrected chi connectivity index (χ1v) is 15.0. The van der Waals surface area contributed by atoms with Crippen LogP contribution in [0.4, 0.5) is 0 Å². The van der Waals surface area contributed by atoms with Crippen molar-refractivity contribution in [2.45, 2.75) is 57.2 Å². The number of likely N-dealkylation sites (tertiary alicyclic amines) is 1. The number of aromatic nitrogens is 1. The van der Waals surface area contributed by atoms with Gasteiger partial charge in [-0.2, -0.15) is 0 Å². The van der Waals surface area contributed by atoms with E-state index in [9.17, 15) is 14.4 Å². The number of guanidine groups is 1. The predicted molar refractivity (Wildman–Crippen MR) is 159 cm³/mol. The third kappa shape index (κ3) is 7.14. The van der Waals surface area contributed by atoms with E-state index in [1.165, 1.54) is 29.7 Å². The fourth-order valence-electron chi connectivity index (χ4n) is 4.81. The first-order valence-electron chi connectivity index (χ1n) is 13.3. The van der Waals surface area contributed by atoms with Crippen LogP contribution in [0, 0.1) is 12.3 Å². The highest BCUT2D eigenvalue weighted by atomic mass is 32.1. The lowest BCUT2D eigenvalue weighted by molar-refractivity contribution is -0.122. The molecule has 2 aromatic heterocycles. The molecule has 1 saturated heterocycles. The molecule has 3 heterocycles. The lowest BCUT2D eigenvalue weighted by Crippen LogP contribution is -2.45. The molecule has 0 bridgehead atoms. The van der Waals surface area contributed by atoms with Crippen LogP contribution in [0.15, 0.2) is 29.6 Å². The number of nitrogens with two attached hydrogens (primary N) is 2. The molecule has 40 heavy (non-hydrogen) atoms. The van der Waals surface area contributed by atoms with Crippen LogP contribution >= 0.6 is 22.7 Å². The summed E-state index contributed by atoms with van der Waals surface area (Å²) >= 11 is 2.79. The van der Waals surface area contributed by atoms with Gasteiger partial charge in [-0.25, -0.2) is 4.98 Å². The number of carbonyl (C=O) groups is 3. The smallest absolute Gasteiger partial charge is 0.271 e. The maximum absolute atomic E-state index is 13.5. The second-order valence-corrected chi connectivity index (χ2v) is 12.0. The quantitative estimate of drug-likeness (QED) is 0.114. The lowest BCUT2D eigenvalue weighted by Gasteiger charge is -2.22. The van der Waals surface area contributed by atoms with E-state index in [2.05, 4.69) is 27.0 Å². The Bertz CT molecular complexity index is 1390. The van der Waals surface area contributed by atoms with Crippen LogP contribution in [0.1, 0.15) is 68.9 Å². The van der Waals surface area contributed by atoms with Gasteiger partial charge in [0.2, 0.25) is 5.91 Å². The fourth-order valence-corrected chi connectivity index (χ4v) is 6.85. The largest absolute Gasteiger partial charge is 0.370 e.